The molecule has 3 aromatic carbocycles. The number of methoxy groups -OCH3 is 1. The van der Waals surface area contributed by atoms with Crippen molar-refractivity contribution in [2.75, 3.05) is 7.11 Å². The Morgan fingerprint density at radius 3 is 2.15 bits per heavy atom. The van der Waals surface area contributed by atoms with E-state index in [4.69, 9.17) is 9.47 Å². The molecule has 0 spiro atoms. The third-order valence-electron chi connectivity index (χ3n) is 6.23. The standard InChI is InChI=1S/C30H35FO3/c1-7-23(20(2)32)16-21-8-11-24(12-9-21)34-19-22-10-14-28(30(3,4)5)26(17-22)27-18-25(33-6)13-15-29(27)31/h8-15,17-18,23H,7,16,19H2,1-6H3. The highest BCUT2D eigenvalue weighted by Crippen LogP contribution is 2.36. The van der Waals surface area contributed by atoms with Gasteiger partial charge in [-0.3, -0.25) is 4.79 Å². The van der Waals surface area contributed by atoms with Gasteiger partial charge in [-0.15, -0.1) is 0 Å². The Bertz CT molecular complexity index is 1130. The fourth-order valence-corrected chi connectivity index (χ4v) is 4.14. The van der Waals surface area contributed by atoms with Crippen LogP contribution in [-0.4, -0.2) is 12.9 Å². The zero-order valence-corrected chi connectivity index (χ0v) is 21.1. The number of Topliss-reactive ketones (excluding diaryl/α,β-unsaturated/α-hetero) is 1. The molecule has 180 valence electrons. The Morgan fingerprint density at radius 2 is 1.56 bits per heavy atom. The second-order valence-corrected chi connectivity index (χ2v) is 9.83. The summed E-state index contributed by atoms with van der Waals surface area (Å²) in [4.78, 5) is 11.7. The average Bonchev–Trinajstić information content (AvgIpc) is 2.81. The summed E-state index contributed by atoms with van der Waals surface area (Å²) < 4.78 is 26.2. The summed E-state index contributed by atoms with van der Waals surface area (Å²) in [5, 5.41) is 0. The van der Waals surface area contributed by atoms with Crippen molar-refractivity contribution in [1.29, 1.82) is 0 Å². The van der Waals surface area contributed by atoms with Gasteiger partial charge in [-0.05, 0) is 83.8 Å². The third kappa shape index (κ3) is 6.25. The fraction of sp³-hybridized carbons (Fsp3) is 0.367. The minimum absolute atomic E-state index is 0.0588. The molecule has 0 aliphatic heterocycles. The zero-order chi connectivity index (χ0) is 24.9. The monoisotopic (exact) mass is 462 g/mol. The Labute approximate surface area is 202 Å². The van der Waals surface area contributed by atoms with Gasteiger partial charge in [0.15, 0.2) is 0 Å². The van der Waals surface area contributed by atoms with Gasteiger partial charge < -0.3 is 9.47 Å². The number of carbonyl (C=O) groups excluding carboxylic acids is 1. The highest BCUT2D eigenvalue weighted by molar-refractivity contribution is 5.78. The number of benzene rings is 3. The van der Waals surface area contributed by atoms with Crippen LogP contribution in [0.3, 0.4) is 0 Å². The molecule has 0 N–H and O–H groups in total. The Balaban J connectivity index is 1.82. The minimum atomic E-state index is -0.282. The summed E-state index contributed by atoms with van der Waals surface area (Å²) in [5.41, 5.74) is 4.35. The molecule has 34 heavy (non-hydrogen) atoms. The maximum absolute atomic E-state index is 14.8. The predicted octanol–water partition coefficient (Wildman–Crippen LogP) is 7.54. The molecule has 0 amide bonds. The van der Waals surface area contributed by atoms with Crippen LogP contribution in [0.15, 0.2) is 60.7 Å². The van der Waals surface area contributed by atoms with E-state index in [1.807, 2.05) is 43.3 Å². The van der Waals surface area contributed by atoms with E-state index >= 15 is 0 Å². The number of ketones is 1. The quantitative estimate of drug-likeness (QED) is 0.330. The van der Waals surface area contributed by atoms with Gasteiger partial charge in [0.25, 0.3) is 0 Å². The van der Waals surface area contributed by atoms with E-state index in [1.165, 1.54) is 6.07 Å². The van der Waals surface area contributed by atoms with Gasteiger partial charge >= 0.3 is 0 Å². The molecule has 0 saturated heterocycles. The van der Waals surface area contributed by atoms with Crippen molar-refractivity contribution in [2.45, 2.75) is 59.5 Å². The van der Waals surface area contributed by atoms with Crippen LogP contribution in [-0.2, 0) is 23.2 Å². The van der Waals surface area contributed by atoms with Crippen LogP contribution in [0.25, 0.3) is 11.1 Å². The van der Waals surface area contributed by atoms with E-state index in [9.17, 15) is 9.18 Å². The number of hydrogen-bond acceptors (Lipinski definition) is 3. The molecule has 3 nitrogen and oxygen atoms in total. The van der Waals surface area contributed by atoms with Gasteiger partial charge in [0.2, 0.25) is 0 Å². The molecule has 1 atom stereocenters. The Hall–Kier alpha value is -3.14. The van der Waals surface area contributed by atoms with Crippen molar-refractivity contribution in [3.63, 3.8) is 0 Å². The Morgan fingerprint density at radius 1 is 0.912 bits per heavy atom. The molecule has 0 saturated carbocycles. The lowest BCUT2D eigenvalue weighted by Crippen LogP contribution is -2.13. The molecule has 0 bridgehead atoms. The second kappa shape index (κ2) is 10.9. The van der Waals surface area contributed by atoms with Gasteiger partial charge in [0.05, 0.1) is 7.11 Å². The summed E-state index contributed by atoms with van der Waals surface area (Å²) in [6.45, 7) is 10.4. The van der Waals surface area contributed by atoms with Crippen molar-refractivity contribution in [1.82, 2.24) is 0 Å². The molecule has 0 aromatic heterocycles. The van der Waals surface area contributed by atoms with Crippen LogP contribution >= 0.6 is 0 Å². The van der Waals surface area contributed by atoms with Crippen molar-refractivity contribution in [3.05, 3.63) is 83.2 Å². The van der Waals surface area contributed by atoms with E-state index in [1.54, 1.807) is 26.2 Å². The first-order valence-electron chi connectivity index (χ1n) is 11.8. The first-order chi connectivity index (χ1) is 16.1. The van der Waals surface area contributed by atoms with E-state index in [2.05, 4.69) is 26.8 Å². The van der Waals surface area contributed by atoms with Crippen molar-refractivity contribution in [3.8, 4) is 22.6 Å². The van der Waals surface area contributed by atoms with Gasteiger partial charge in [0.1, 0.15) is 29.7 Å². The highest BCUT2D eigenvalue weighted by atomic mass is 19.1. The maximum atomic E-state index is 14.8. The summed E-state index contributed by atoms with van der Waals surface area (Å²) in [6.07, 6.45) is 1.59. The van der Waals surface area contributed by atoms with E-state index in [0.717, 1.165) is 40.8 Å². The van der Waals surface area contributed by atoms with Crippen LogP contribution in [0.2, 0.25) is 0 Å². The summed E-state index contributed by atoms with van der Waals surface area (Å²) >= 11 is 0. The van der Waals surface area contributed by atoms with Crippen molar-refractivity contribution >= 4 is 5.78 Å². The van der Waals surface area contributed by atoms with Crippen LogP contribution in [0.5, 0.6) is 11.5 Å². The van der Waals surface area contributed by atoms with Crippen LogP contribution in [0.1, 0.15) is 57.7 Å². The van der Waals surface area contributed by atoms with Gasteiger partial charge in [0, 0.05) is 11.5 Å². The first-order valence-corrected chi connectivity index (χ1v) is 11.8. The predicted molar refractivity (Wildman–Crippen MR) is 136 cm³/mol. The van der Waals surface area contributed by atoms with Crippen molar-refractivity contribution in [2.24, 2.45) is 5.92 Å². The van der Waals surface area contributed by atoms with Crippen LogP contribution in [0.4, 0.5) is 4.39 Å². The van der Waals surface area contributed by atoms with E-state index in [0.29, 0.717) is 17.9 Å². The fourth-order valence-electron chi connectivity index (χ4n) is 4.14. The molecule has 4 heteroatoms. The first kappa shape index (κ1) is 25.5. The molecule has 0 aliphatic carbocycles. The zero-order valence-electron chi connectivity index (χ0n) is 21.1. The lowest BCUT2D eigenvalue weighted by atomic mass is 9.81. The molecular formula is C30H35FO3. The summed E-state index contributed by atoms with van der Waals surface area (Å²) in [6, 6.07) is 18.8. The molecule has 3 aromatic rings. The van der Waals surface area contributed by atoms with Crippen molar-refractivity contribution < 1.29 is 18.7 Å². The average molecular weight is 463 g/mol. The molecule has 1 unspecified atom stereocenters. The number of hydrogen-bond donors (Lipinski definition) is 0. The lowest BCUT2D eigenvalue weighted by molar-refractivity contribution is -0.120. The molecule has 0 radical (unpaired) electrons. The topological polar surface area (TPSA) is 35.5 Å². The van der Waals surface area contributed by atoms with Gasteiger partial charge in [-0.1, -0.05) is 52.0 Å². The summed E-state index contributed by atoms with van der Waals surface area (Å²) in [7, 11) is 1.58. The molecule has 0 fully saturated rings. The van der Waals surface area contributed by atoms with Crippen LogP contribution in [0, 0.1) is 11.7 Å². The smallest absolute Gasteiger partial charge is 0.133 e. The minimum Gasteiger partial charge on any atom is -0.497 e. The number of carbonyl (C=O) groups is 1. The number of rotatable bonds is 9. The summed E-state index contributed by atoms with van der Waals surface area (Å²) in [5.74, 6) is 1.38. The number of ether oxygens (including phenoxy) is 2. The lowest BCUT2D eigenvalue weighted by Gasteiger charge is -2.24. The van der Waals surface area contributed by atoms with E-state index in [-0.39, 0.29) is 22.9 Å². The normalized spacial score (nSPS) is 12.3. The highest BCUT2D eigenvalue weighted by Gasteiger charge is 2.21. The van der Waals surface area contributed by atoms with Crippen LogP contribution < -0.4 is 9.47 Å². The van der Waals surface area contributed by atoms with E-state index < -0.39 is 0 Å². The Kier molecular flexibility index (Phi) is 8.14. The molecule has 0 heterocycles. The number of halogens is 1. The van der Waals surface area contributed by atoms with Gasteiger partial charge in [-0.2, -0.15) is 0 Å². The molecule has 0 aliphatic rings. The third-order valence-corrected chi connectivity index (χ3v) is 6.23. The largest absolute Gasteiger partial charge is 0.497 e. The molecule has 3 rings (SSSR count). The van der Waals surface area contributed by atoms with Gasteiger partial charge in [-0.25, -0.2) is 4.39 Å². The SMILES string of the molecule is CCC(Cc1ccc(OCc2ccc(C(C)(C)C)c(-c3cc(OC)ccc3F)c2)cc1)C(C)=O. The second-order valence-electron chi connectivity index (χ2n) is 9.83. The molecular weight excluding hydrogens is 427 g/mol. The maximum Gasteiger partial charge on any atom is 0.133 e.